The first kappa shape index (κ1) is 8.23. The van der Waals surface area contributed by atoms with Crippen molar-refractivity contribution in [2.24, 2.45) is 10.9 Å². The van der Waals surface area contributed by atoms with E-state index in [2.05, 4.69) is 5.16 Å². The summed E-state index contributed by atoms with van der Waals surface area (Å²) in [5.74, 6) is 0.171. The van der Waals surface area contributed by atoms with Crippen LogP contribution in [0.4, 0.5) is 0 Å². The third kappa shape index (κ3) is 3.78. The van der Waals surface area contributed by atoms with E-state index in [1.165, 1.54) is 0 Å². The number of nitrogens with zero attached hydrogens (tertiary/aromatic N) is 1. The lowest BCUT2D eigenvalue weighted by Gasteiger charge is -2.07. The molecule has 4 heteroatoms. The van der Waals surface area contributed by atoms with Crippen LogP contribution < -0.4 is 5.73 Å². The zero-order valence-corrected chi connectivity index (χ0v) is 5.66. The van der Waals surface area contributed by atoms with Crippen LogP contribution in [0.25, 0.3) is 0 Å². The number of hydrogen-bond donors (Lipinski definition) is 2. The molecule has 0 rings (SSSR count). The third-order valence-corrected chi connectivity index (χ3v) is 0.658. The maximum Gasteiger partial charge on any atom is 0.239 e. The van der Waals surface area contributed by atoms with Crippen molar-refractivity contribution < 1.29 is 9.94 Å². The van der Waals surface area contributed by atoms with Crippen LogP contribution in [0.1, 0.15) is 13.8 Å². The average molecular weight is 132 g/mol. The molecule has 9 heavy (non-hydrogen) atoms. The van der Waals surface area contributed by atoms with Crippen molar-refractivity contribution in [3.05, 3.63) is 0 Å². The first-order valence-corrected chi connectivity index (χ1v) is 2.78. The second-order valence-electron chi connectivity index (χ2n) is 1.86. The first-order valence-electron chi connectivity index (χ1n) is 2.78. The molecule has 0 atom stereocenters. The lowest BCUT2D eigenvalue weighted by Crippen LogP contribution is -2.20. The summed E-state index contributed by atoms with van der Waals surface area (Å²) in [6.07, 6.45) is 0.0134. The zero-order chi connectivity index (χ0) is 7.28. The van der Waals surface area contributed by atoms with E-state index in [9.17, 15) is 0 Å². The van der Waals surface area contributed by atoms with Crippen molar-refractivity contribution in [3.8, 4) is 0 Å². The summed E-state index contributed by atoms with van der Waals surface area (Å²) in [4.78, 5) is 0. The van der Waals surface area contributed by atoms with E-state index in [0.717, 1.165) is 0 Å². The Hall–Kier alpha value is -0.770. The van der Waals surface area contributed by atoms with Gasteiger partial charge in [0.15, 0.2) is 0 Å². The fraction of sp³-hybridized carbons (Fsp3) is 0.800. The van der Waals surface area contributed by atoms with Crippen LogP contribution >= 0.6 is 0 Å². The van der Waals surface area contributed by atoms with Crippen LogP contribution in [-0.4, -0.2) is 23.8 Å². The number of nitrogens with two attached hydrogens (primary N) is 1. The van der Waals surface area contributed by atoms with E-state index in [0.29, 0.717) is 0 Å². The molecule has 0 heterocycles. The maximum absolute atomic E-state index is 8.16. The Bertz CT molecular complexity index is 101. The molecule has 0 aliphatic carbocycles. The normalized spacial score (nSPS) is 12.2. The van der Waals surface area contributed by atoms with Gasteiger partial charge in [-0.25, -0.2) is 0 Å². The molecule has 0 radical (unpaired) electrons. The van der Waals surface area contributed by atoms with Crippen molar-refractivity contribution in [1.82, 2.24) is 0 Å². The van der Waals surface area contributed by atoms with Crippen LogP contribution in [-0.2, 0) is 4.74 Å². The molecule has 0 aliphatic heterocycles. The molecule has 0 spiro atoms. The van der Waals surface area contributed by atoms with Crippen molar-refractivity contribution in [2.75, 3.05) is 6.54 Å². The molecule has 0 unspecified atom stereocenters. The van der Waals surface area contributed by atoms with Crippen LogP contribution in [0, 0.1) is 0 Å². The van der Waals surface area contributed by atoms with E-state index < -0.39 is 0 Å². The minimum Gasteiger partial charge on any atom is -0.475 e. The van der Waals surface area contributed by atoms with Crippen molar-refractivity contribution >= 4 is 5.90 Å². The molecule has 0 saturated carbocycles. The first-order chi connectivity index (χ1) is 4.20. The molecule has 0 amide bonds. The molecule has 0 aromatic heterocycles. The van der Waals surface area contributed by atoms with Gasteiger partial charge in [-0.15, -0.1) is 0 Å². The number of oxime groups is 1. The summed E-state index contributed by atoms with van der Waals surface area (Å²) in [7, 11) is 0. The fourth-order valence-electron chi connectivity index (χ4n) is 0.385. The largest absolute Gasteiger partial charge is 0.475 e. The second kappa shape index (κ2) is 4.14. The molecule has 4 nitrogen and oxygen atoms in total. The molecule has 3 N–H and O–H groups in total. The van der Waals surface area contributed by atoms with Crippen LogP contribution in [0.3, 0.4) is 0 Å². The highest BCUT2D eigenvalue weighted by Crippen LogP contribution is 1.88. The van der Waals surface area contributed by atoms with Gasteiger partial charge in [-0.1, -0.05) is 5.16 Å². The highest BCUT2D eigenvalue weighted by molar-refractivity contribution is 5.77. The highest BCUT2D eigenvalue weighted by Gasteiger charge is 1.98. The Labute approximate surface area is 54.3 Å². The van der Waals surface area contributed by atoms with Gasteiger partial charge in [0.2, 0.25) is 5.90 Å². The molecule has 0 aliphatic rings. The molecule has 0 bridgehead atoms. The van der Waals surface area contributed by atoms with Gasteiger partial charge in [0.25, 0.3) is 0 Å². The van der Waals surface area contributed by atoms with Gasteiger partial charge in [0.1, 0.15) is 0 Å². The van der Waals surface area contributed by atoms with Crippen LogP contribution in [0.2, 0.25) is 0 Å². The van der Waals surface area contributed by atoms with E-state index >= 15 is 0 Å². The Kier molecular flexibility index (Phi) is 3.79. The predicted molar refractivity (Wildman–Crippen MR) is 34.5 cm³/mol. The number of hydrogen-bond acceptors (Lipinski definition) is 4. The molecule has 0 fully saturated rings. The maximum atomic E-state index is 8.16. The van der Waals surface area contributed by atoms with Gasteiger partial charge < -0.3 is 15.7 Å². The minimum absolute atomic E-state index is 0.0134. The van der Waals surface area contributed by atoms with Crippen LogP contribution in [0.5, 0.6) is 0 Å². The summed E-state index contributed by atoms with van der Waals surface area (Å²) in [5, 5.41) is 11.0. The monoisotopic (exact) mass is 132 g/mol. The van der Waals surface area contributed by atoms with Crippen molar-refractivity contribution in [2.45, 2.75) is 20.0 Å². The second-order valence-corrected chi connectivity index (χ2v) is 1.86. The molecule has 54 valence electrons. The van der Waals surface area contributed by atoms with Gasteiger partial charge in [-0.3, -0.25) is 0 Å². The molecular weight excluding hydrogens is 120 g/mol. The molecule has 0 aromatic carbocycles. The Morgan fingerprint density at radius 2 is 2.33 bits per heavy atom. The molecular formula is C5H12N2O2. The van der Waals surface area contributed by atoms with Gasteiger partial charge in [-0.05, 0) is 13.8 Å². The van der Waals surface area contributed by atoms with Gasteiger partial charge in [-0.2, -0.15) is 0 Å². The Morgan fingerprint density at radius 1 is 1.78 bits per heavy atom. The smallest absolute Gasteiger partial charge is 0.239 e. The molecule has 0 saturated heterocycles. The van der Waals surface area contributed by atoms with E-state index in [1.807, 2.05) is 13.8 Å². The quantitative estimate of drug-likeness (QED) is 0.243. The number of ether oxygens (including phenoxy) is 1. The Morgan fingerprint density at radius 3 is 2.44 bits per heavy atom. The van der Waals surface area contributed by atoms with E-state index in [-0.39, 0.29) is 18.5 Å². The molecule has 0 aromatic rings. The van der Waals surface area contributed by atoms with Gasteiger partial charge in [0.05, 0.1) is 12.6 Å². The predicted octanol–water partition coefficient (Wildman–Crippen LogP) is 0.158. The zero-order valence-electron chi connectivity index (χ0n) is 5.66. The summed E-state index contributed by atoms with van der Waals surface area (Å²) in [6, 6.07) is 0. The average Bonchev–Trinajstić information content (AvgIpc) is 1.82. The van der Waals surface area contributed by atoms with Crippen LogP contribution in [0.15, 0.2) is 5.16 Å². The topological polar surface area (TPSA) is 67.8 Å². The fourth-order valence-corrected chi connectivity index (χ4v) is 0.385. The lowest BCUT2D eigenvalue weighted by molar-refractivity contribution is 0.201. The van der Waals surface area contributed by atoms with Gasteiger partial charge >= 0.3 is 0 Å². The number of rotatable bonds is 2. The minimum atomic E-state index is 0.0134. The highest BCUT2D eigenvalue weighted by atomic mass is 16.5. The summed E-state index contributed by atoms with van der Waals surface area (Å²) in [6.45, 7) is 3.80. The van der Waals surface area contributed by atoms with E-state index in [1.54, 1.807) is 0 Å². The lowest BCUT2D eigenvalue weighted by atomic mass is 10.5. The Balaban J connectivity index is 3.58. The van der Waals surface area contributed by atoms with Crippen molar-refractivity contribution in [1.29, 1.82) is 0 Å². The third-order valence-electron chi connectivity index (χ3n) is 0.658. The van der Waals surface area contributed by atoms with Crippen molar-refractivity contribution in [3.63, 3.8) is 0 Å². The summed E-state index contributed by atoms with van der Waals surface area (Å²) < 4.78 is 4.92. The standard InChI is InChI=1S/C5H12N2O2/c1-4(2)9-5(3-6)7-8/h4,8H,3,6H2,1-2H3/b7-5+. The van der Waals surface area contributed by atoms with E-state index in [4.69, 9.17) is 15.7 Å². The summed E-state index contributed by atoms with van der Waals surface area (Å²) >= 11 is 0. The SMILES string of the molecule is CC(C)O/C(CN)=N/O. The summed E-state index contributed by atoms with van der Waals surface area (Å²) in [5.41, 5.74) is 5.12. The van der Waals surface area contributed by atoms with Gasteiger partial charge in [0, 0.05) is 0 Å².